The summed E-state index contributed by atoms with van der Waals surface area (Å²) in [6.45, 7) is 3.00. The van der Waals surface area contributed by atoms with Crippen LogP contribution in [-0.2, 0) is 6.54 Å². The number of hydrogen-bond donors (Lipinski definition) is 0. The van der Waals surface area contributed by atoms with Gasteiger partial charge in [-0.05, 0) is 23.2 Å². The van der Waals surface area contributed by atoms with Crippen molar-refractivity contribution in [3.63, 3.8) is 0 Å². The number of hydrogen-bond acceptors (Lipinski definition) is 1. The largest absolute Gasteiger partial charge is 0.313 e. The predicted molar refractivity (Wildman–Crippen MR) is 90.9 cm³/mol. The van der Waals surface area contributed by atoms with E-state index in [0.29, 0.717) is 5.28 Å². The van der Waals surface area contributed by atoms with Gasteiger partial charge < -0.3 is 4.57 Å². The van der Waals surface area contributed by atoms with Crippen LogP contribution in [0.5, 0.6) is 0 Å². The van der Waals surface area contributed by atoms with Crippen LogP contribution in [0.4, 0.5) is 0 Å². The number of benzene rings is 1. The van der Waals surface area contributed by atoms with Crippen LogP contribution < -0.4 is 0 Å². The van der Waals surface area contributed by atoms with Crippen LogP contribution in [0, 0.1) is 5.41 Å². The summed E-state index contributed by atoms with van der Waals surface area (Å²) in [4.78, 5) is 4.55. The predicted octanol–water partition coefficient (Wildman–Crippen LogP) is 4.83. The fourth-order valence-corrected chi connectivity index (χ4v) is 3.62. The van der Waals surface area contributed by atoms with E-state index in [9.17, 15) is 0 Å². The fourth-order valence-electron chi connectivity index (χ4n) is 3.37. The molecule has 1 heterocycles. The van der Waals surface area contributed by atoms with Gasteiger partial charge in [0.2, 0.25) is 5.28 Å². The van der Waals surface area contributed by atoms with E-state index < -0.39 is 0 Å². The summed E-state index contributed by atoms with van der Waals surface area (Å²) in [7, 11) is 0. The van der Waals surface area contributed by atoms with Gasteiger partial charge in [0.1, 0.15) is 0 Å². The molecule has 4 rings (SSSR count). The molecular formula is C19H17ClN2. The first-order valence-corrected chi connectivity index (χ1v) is 7.90. The number of nitrogens with zero attached hydrogens (tertiary/aromatic N) is 2. The molecule has 2 aromatic rings. The molecule has 0 N–H and O–H groups in total. The maximum Gasteiger partial charge on any atom is 0.203 e. The molecule has 0 saturated carbocycles. The van der Waals surface area contributed by atoms with Crippen LogP contribution in [-0.4, -0.2) is 9.55 Å². The van der Waals surface area contributed by atoms with Gasteiger partial charge in [-0.15, -0.1) is 0 Å². The lowest BCUT2D eigenvalue weighted by molar-refractivity contribution is 0.457. The quantitative estimate of drug-likeness (QED) is 0.777. The minimum atomic E-state index is -0.000446. The number of imidazole rings is 1. The van der Waals surface area contributed by atoms with E-state index in [1.807, 2.05) is 6.07 Å². The van der Waals surface area contributed by atoms with Crippen LogP contribution in [0.2, 0.25) is 5.28 Å². The van der Waals surface area contributed by atoms with Crippen LogP contribution in [0.15, 0.2) is 60.7 Å². The summed E-state index contributed by atoms with van der Waals surface area (Å²) in [6, 6.07) is 10.4. The second-order valence-electron chi connectivity index (χ2n) is 6.14. The van der Waals surface area contributed by atoms with Gasteiger partial charge in [0.15, 0.2) is 0 Å². The van der Waals surface area contributed by atoms with Crippen molar-refractivity contribution in [2.24, 2.45) is 5.41 Å². The molecule has 22 heavy (non-hydrogen) atoms. The van der Waals surface area contributed by atoms with E-state index in [2.05, 4.69) is 77.2 Å². The van der Waals surface area contributed by atoms with Crippen molar-refractivity contribution < 1.29 is 0 Å². The molecule has 2 nitrogen and oxygen atoms in total. The summed E-state index contributed by atoms with van der Waals surface area (Å²) in [6.07, 6.45) is 13.1. The zero-order valence-electron chi connectivity index (χ0n) is 12.4. The first-order valence-electron chi connectivity index (χ1n) is 7.52. The Morgan fingerprint density at radius 3 is 2.82 bits per heavy atom. The van der Waals surface area contributed by atoms with Crippen molar-refractivity contribution in [1.29, 1.82) is 0 Å². The Morgan fingerprint density at radius 2 is 2.00 bits per heavy atom. The molecule has 2 atom stereocenters. The van der Waals surface area contributed by atoms with Crippen LogP contribution in [0.1, 0.15) is 29.8 Å². The third kappa shape index (κ3) is 2.06. The molecular weight excluding hydrogens is 292 g/mol. The second kappa shape index (κ2) is 4.99. The van der Waals surface area contributed by atoms with Gasteiger partial charge in [0.25, 0.3) is 0 Å². The average molecular weight is 309 g/mol. The van der Waals surface area contributed by atoms with E-state index in [0.717, 1.165) is 12.2 Å². The molecule has 0 spiro atoms. The SMILES string of the molecule is CC12C=CC=CC1c1c(nc(Cl)n1Cc1ccccc1)C=C2. The highest BCUT2D eigenvalue weighted by Crippen LogP contribution is 2.47. The van der Waals surface area contributed by atoms with Crippen molar-refractivity contribution in [3.8, 4) is 0 Å². The molecule has 2 aliphatic carbocycles. The topological polar surface area (TPSA) is 17.8 Å². The Morgan fingerprint density at radius 1 is 1.18 bits per heavy atom. The molecule has 3 heteroatoms. The van der Waals surface area contributed by atoms with Crippen molar-refractivity contribution in [2.75, 3.05) is 0 Å². The van der Waals surface area contributed by atoms with E-state index in [4.69, 9.17) is 11.6 Å². The van der Waals surface area contributed by atoms with Crippen molar-refractivity contribution >= 4 is 17.7 Å². The molecule has 110 valence electrons. The second-order valence-corrected chi connectivity index (χ2v) is 6.48. The van der Waals surface area contributed by atoms with Crippen molar-refractivity contribution in [2.45, 2.75) is 19.4 Å². The lowest BCUT2D eigenvalue weighted by atomic mass is 9.69. The molecule has 2 aliphatic rings. The first kappa shape index (κ1) is 13.6. The zero-order chi connectivity index (χ0) is 15.2. The number of fused-ring (bicyclic) bond motifs is 3. The van der Waals surface area contributed by atoms with Crippen LogP contribution in [0.3, 0.4) is 0 Å². The number of halogens is 1. The minimum absolute atomic E-state index is 0.000446. The van der Waals surface area contributed by atoms with Gasteiger partial charge in [-0.3, -0.25) is 0 Å². The van der Waals surface area contributed by atoms with Crippen LogP contribution in [0.25, 0.3) is 6.08 Å². The first-order chi connectivity index (χ1) is 10.7. The van der Waals surface area contributed by atoms with Crippen molar-refractivity contribution in [3.05, 3.63) is 82.9 Å². The monoisotopic (exact) mass is 308 g/mol. The lowest BCUT2D eigenvalue weighted by Crippen LogP contribution is -2.26. The highest BCUT2D eigenvalue weighted by molar-refractivity contribution is 6.28. The number of rotatable bonds is 2. The zero-order valence-corrected chi connectivity index (χ0v) is 13.2. The van der Waals surface area contributed by atoms with Crippen LogP contribution >= 0.6 is 11.6 Å². The molecule has 1 aromatic carbocycles. The highest BCUT2D eigenvalue weighted by atomic mass is 35.5. The molecule has 0 saturated heterocycles. The lowest BCUT2D eigenvalue weighted by Gasteiger charge is -2.36. The van der Waals surface area contributed by atoms with E-state index >= 15 is 0 Å². The van der Waals surface area contributed by atoms with Gasteiger partial charge in [-0.25, -0.2) is 4.98 Å². The minimum Gasteiger partial charge on any atom is -0.313 e. The Labute approximate surface area is 135 Å². The maximum absolute atomic E-state index is 6.44. The third-order valence-electron chi connectivity index (χ3n) is 4.61. The summed E-state index contributed by atoms with van der Waals surface area (Å²) >= 11 is 6.44. The Balaban J connectivity index is 1.83. The van der Waals surface area contributed by atoms with E-state index in [1.165, 1.54) is 11.3 Å². The molecule has 0 bridgehead atoms. The Bertz CT molecular complexity index is 798. The van der Waals surface area contributed by atoms with Gasteiger partial charge >= 0.3 is 0 Å². The molecule has 0 aliphatic heterocycles. The normalized spacial score (nSPS) is 25.1. The molecule has 1 aromatic heterocycles. The summed E-state index contributed by atoms with van der Waals surface area (Å²) in [5, 5.41) is 0.561. The van der Waals surface area contributed by atoms with E-state index in [-0.39, 0.29) is 11.3 Å². The van der Waals surface area contributed by atoms with Crippen molar-refractivity contribution in [1.82, 2.24) is 9.55 Å². The third-order valence-corrected chi connectivity index (χ3v) is 4.90. The Kier molecular flexibility index (Phi) is 3.08. The van der Waals surface area contributed by atoms with Gasteiger partial charge in [0.05, 0.1) is 17.9 Å². The molecule has 0 radical (unpaired) electrons. The fraction of sp³-hybridized carbons (Fsp3) is 0.211. The standard InChI is InChI=1S/C19H17ClN2/c1-19-11-6-5-9-15(19)17-16(10-12-19)21-18(20)22(17)13-14-7-3-2-4-8-14/h2-12,15H,13H2,1H3. The van der Waals surface area contributed by atoms with Gasteiger partial charge in [0, 0.05) is 11.3 Å². The molecule has 2 unspecified atom stereocenters. The van der Waals surface area contributed by atoms with Gasteiger partial charge in [-0.1, -0.05) is 67.6 Å². The number of aromatic nitrogens is 2. The summed E-state index contributed by atoms with van der Waals surface area (Å²) in [5.41, 5.74) is 3.43. The Hall–Kier alpha value is -2.06. The summed E-state index contributed by atoms with van der Waals surface area (Å²) in [5.74, 6) is 0.279. The average Bonchev–Trinajstić information content (AvgIpc) is 2.84. The smallest absolute Gasteiger partial charge is 0.203 e. The van der Waals surface area contributed by atoms with Gasteiger partial charge in [-0.2, -0.15) is 0 Å². The number of allylic oxidation sites excluding steroid dienone is 5. The summed E-state index contributed by atoms with van der Waals surface area (Å²) < 4.78 is 2.14. The highest BCUT2D eigenvalue weighted by Gasteiger charge is 2.37. The van der Waals surface area contributed by atoms with E-state index in [1.54, 1.807) is 0 Å². The maximum atomic E-state index is 6.44. The molecule has 0 amide bonds. The molecule has 0 fully saturated rings.